The molecule has 1 aromatic carbocycles. The Bertz CT molecular complexity index is 676. The Labute approximate surface area is 184 Å². The number of thiazole rings is 1. The fourth-order valence-corrected chi connectivity index (χ4v) is 3.44. The molecule has 2 aromatic rings. The van der Waals surface area contributed by atoms with E-state index in [1.165, 1.54) is 4.88 Å². The van der Waals surface area contributed by atoms with Gasteiger partial charge in [-0.1, -0.05) is 30.3 Å². The first kappa shape index (κ1) is 23.8. The predicted octanol–water partition coefficient (Wildman–Crippen LogP) is 4.61. The van der Waals surface area contributed by atoms with Gasteiger partial charge in [-0.3, -0.25) is 0 Å². The van der Waals surface area contributed by atoms with Crippen molar-refractivity contribution >= 4 is 41.3 Å². The zero-order chi connectivity index (χ0) is 18.6. The van der Waals surface area contributed by atoms with Gasteiger partial charge in [-0.15, -0.1) is 35.3 Å². The van der Waals surface area contributed by atoms with Gasteiger partial charge in [0.15, 0.2) is 5.96 Å². The average Bonchev–Trinajstić information content (AvgIpc) is 3.04. The van der Waals surface area contributed by atoms with E-state index in [9.17, 15) is 0 Å². The molecule has 2 rings (SSSR count). The number of hydrogen-bond acceptors (Lipinski definition) is 4. The molecule has 0 saturated heterocycles. The molecule has 27 heavy (non-hydrogen) atoms. The smallest absolute Gasteiger partial charge is 0.191 e. The molecule has 0 aliphatic rings. The summed E-state index contributed by atoms with van der Waals surface area (Å²) >= 11 is 1.72. The molecule has 0 fully saturated rings. The molecule has 1 aromatic heterocycles. The largest absolute Gasteiger partial charge is 0.382 e. The lowest BCUT2D eigenvalue weighted by atomic mass is 10.2. The fourth-order valence-electron chi connectivity index (χ4n) is 2.45. The zero-order valence-electron chi connectivity index (χ0n) is 16.5. The maximum atomic E-state index is 5.37. The minimum absolute atomic E-state index is 0. The fraction of sp³-hybridized carbons (Fsp3) is 0.500. The van der Waals surface area contributed by atoms with Crippen LogP contribution in [0.15, 0.2) is 35.3 Å². The van der Waals surface area contributed by atoms with Crippen LogP contribution in [-0.4, -0.2) is 37.2 Å². The Hall–Kier alpha value is -1.19. The maximum absolute atomic E-state index is 5.37. The van der Waals surface area contributed by atoms with E-state index in [-0.39, 0.29) is 24.0 Å². The van der Waals surface area contributed by atoms with E-state index in [2.05, 4.69) is 36.6 Å². The molecule has 2 N–H and O–H groups in total. The SMILES string of the molecule is CCNC(=NCc1sc(-c2ccccc2)nc1C)NCCCCOCC.I. The normalized spacial score (nSPS) is 11.1. The third-order valence-corrected chi connectivity index (χ3v) is 5.04. The van der Waals surface area contributed by atoms with Crippen LogP contribution in [0.5, 0.6) is 0 Å². The molecule has 0 atom stereocenters. The molecule has 150 valence electrons. The van der Waals surface area contributed by atoms with Crippen molar-refractivity contribution in [1.82, 2.24) is 15.6 Å². The van der Waals surface area contributed by atoms with Gasteiger partial charge >= 0.3 is 0 Å². The molecular formula is C20H31IN4OS. The highest BCUT2D eigenvalue weighted by molar-refractivity contribution is 14.0. The van der Waals surface area contributed by atoms with Crippen molar-refractivity contribution < 1.29 is 4.74 Å². The molecule has 1 heterocycles. The van der Waals surface area contributed by atoms with Crippen molar-refractivity contribution in [2.24, 2.45) is 4.99 Å². The van der Waals surface area contributed by atoms with Crippen molar-refractivity contribution in [2.75, 3.05) is 26.3 Å². The molecule has 0 saturated carbocycles. The first-order chi connectivity index (χ1) is 12.7. The Morgan fingerprint density at radius 2 is 1.93 bits per heavy atom. The van der Waals surface area contributed by atoms with Gasteiger partial charge in [-0.25, -0.2) is 9.98 Å². The third-order valence-electron chi connectivity index (χ3n) is 3.85. The van der Waals surface area contributed by atoms with Gasteiger partial charge in [-0.05, 0) is 33.6 Å². The van der Waals surface area contributed by atoms with E-state index in [0.29, 0.717) is 6.54 Å². The van der Waals surface area contributed by atoms with Gasteiger partial charge < -0.3 is 15.4 Å². The minimum atomic E-state index is 0. The van der Waals surface area contributed by atoms with Crippen LogP contribution >= 0.6 is 35.3 Å². The van der Waals surface area contributed by atoms with Crippen molar-refractivity contribution in [1.29, 1.82) is 0 Å². The molecule has 0 unspecified atom stereocenters. The summed E-state index contributed by atoms with van der Waals surface area (Å²) in [4.78, 5) is 10.6. The molecule has 0 aliphatic heterocycles. The van der Waals surface area contributed by atoms with Crippen LogP contribution < -0.4 is 10.6 Å². The number of nitrogens with zero attached hydrogens (tertiary/aromatic N) is 2. The highest BCUT2D eigenvalue weighted by Crippen LogP contribution is 2.28. The highest BCUT2D eigenvalue weighted by Gasteiger charge is 2.09. The van der Waals surface area contributed by atoms with Crippen molar-refractivity contribution in [3.05, 3.63) is 40.9 Å². The summed E-state index contributed by atoms with van der Waals surface area (Å²) in [7, 11) is 0. The van der Waals surface area contributed by atoms with Gasteiger partial charge in [0.1, 0.15) is 5.01 Å². The number of aryl methyl sites for hydroxylation is 1. The number of halogens is 1. The second kappa shape index (κ2) is 13.9. The molecule has 0 bridgehead atoms. The van der Waals surface area contributed by atoms with Crippen LogP contribution in [0.4, 0.5) is 0 Å². The number of aromatic nitrogens is 1. The number of unbranched alkanes of at least 4 members (excludes halogenated alkanes) is 1. The number of aliphatic imine (C=N–C) groups is 1. The standard InChI is InChI=1S/C20H30N4OS.HI/c1-4-21-20(22-13-9-10-14-25-5-2)23-15-18-16(3)24-19(26-18)17-11-7-6-8-12-17;/h6-8,11-12H,4-5,9-10,13-15H2,1-3H3,(H2,21,22,23);1H. The van der Waals surface area contributed by atoms with Gasteiger partial charge in [0.05, 0.1) is 12.2 Å². The number of benzene rings is 1. The summed E-state index contributed by atoms with van der Waals surface area (Å²) in [5.74, 6) is 0.859. The minimum Gasteiger partial charge on any atom is -0.382 e. The molecular weight excluding hydrogens is 471 g/mol. The van der Waals surface area contributed by atoms with Crippen molar-refractivity contribution in [2.45, 2.75) is 40.2 Å². The van der Waals surface area contributed by atoms with Gasteiger partial charge in [0, 0.05) is 36.7 Å². The van der Waals surface area contributed by atoms with Crippen LogP contribution in [0.2, 0.25) is 0 Å². The Kier molecular flexibility index (Phi) is 12.3. The number of guanidine groups is 1. The summed E-state index contributed by atoms with van der Waals surface area (Å²) in [5.41, 5.74) is 2.22. The summed E-state index contributed by atoms with van der Waals surface area (Å²) in [6.07, 6.45) is 2.14. The average molecular weight is 502 g/mol. The highest BCUT2D eigenvalue weighted by atomic mass is 127. The number of rotatable bonds is 10. The molecule has 0 radical (unpaired) electrons. The topological polar surface area (TPSA) is 58.5 Å². The first-order valence-electron chi connectivity index (χ1n) is 9.36. The predicted molar refractivity (Wildman–Crippen MR) is 126 cm³/mol. The Balaban J connectivity index is 0.00000364. The summed E-state index contributed by atoms with van der Waals surface area (Å²) in [6, 6.07) is 10.3. The Morgan fingerprint density at radius 3 is 2.63 bits per heavy atom. The molecule has 7 heteroatoms. The van der Waals surface area contributed by atoms with E-state index in [0.717, 1.165) is 61.4 Å². The zero-order valence-corrected chi connectivity index (χ0v) is 19.6. The van der Waals surface area contributed by atoms with E-state index < -0.39 is 0 Å². The summed E-state index contributed by atoms with van der Waals surface area (Å²) in [5, 5.41) is 7.76. The molecule has 0 spiro atoms. The van der Waals surface area contributed by atoms with Gasteiger partial charge in [0.25, 0.3) is 0 Å². The van der Waals surface area contributed by atoms with Crippen LogP contribution in [0.3, 0.4) is 0 Å². The van der Waals surface area contributed by atoms with Gasteiger partial charge in [0.2, 0.25) is 0 Å². The van der Waals surface area contributed by atoms with Crippen molar-refractivity contribution in [3.63, 3.8) is 0 Å². The number of hydrogen-bond donors (Lipinski definition) is 2. The number of ether oxygens (including phenoxy) is 1. The lowest BCUT2D eigenvalue weighted by molar-refractivity contribution is 0.143. The maximum Gasteiger partial charge on any atom is 0.191 e. The molecule has 0 amide bonds. The van der Waals surface area contributed by atoms with E-state index in [4.69, 9.17) is 14.7 Å². The second-order valence-electron chi connectivity index (χ2n) is 5.92. The number of nitrogens with one attached hydrogen (secondary N) is 2. The molecule has 5 nitrogen and oxygen atoms in total. The van der Waals surface area contributed by atoms with Crippen LogP contribution in [0.25, 0.3) is 10.6 Å². The van der Waals surface area contributed by atoms with E-state index in [1.807, 2.05) is 25.1 Å². The Morgan fingerprint density at radius 1 is 1.15 bits per heavy atom. The van der Waals surface area contributed by atoms with Crippen molar-refractivity contribution in [3.8, 4) is 10.6 Å². The van der Waals surface area contributed by atoms with Crippen LogP contribution in [-0.2, 0) is 11.3 Å². The first-order valence-corrected chi connectivity index (χ1v) is 10.2. The van der Waals surface area contributed by atoms with E-state index >= 15 is 0 Å². The summed E-state index contributed by atoms with van der Waals surface area (Å²) in [6.45, 7) is 10.2. The lowest BCUT2D eigenvalue weighted by Crippen LogP contribution is -2.37. The van der Waals surface area contributed by atoms with Gasteiger partial charge in [-0.2, -0.15) is 0 Å². The lowest BCUT2D eigenvalue weighted by Gasteiger charge is -2.11. The van der Waals surface area contributed by atoms with E-state index in [1.54, 1.807) is 11.3 Å². The quantitative estimate of drug-likeness (QED) is 0.216. The summed E-state index contributed by atoms with van der Waals surface area (Å²) < 4.78 is 5.37. The third kappa shape index (κ3) is 8.57. The second-order valence-corrected chi connectivity index (χ2v) is 7.00. The monoisotopic (exact) mass is 502 g/mol. The molecule has 0 aliphatic carbocycles. The van der Waals surface area contributed by atoms with Crippen LogP contribution in [0, 0.1) is 6.92 Å². The van der Waals surface area contributed by atoms with Crippen LogP contribution in [0.1, 0.15) is 37.3 Å².